The molecular weight excluding hydrogens is 1020 g/mol. The van der Waals surface area contributed by atoms with Crippen LogP contribution >= 0.6 is 0 Å². The van der Waals surface area contributed by atoms with Gasteiger partial charge >= 0.3 is 0 Å². The zero-order chi connectivity index (χ0) is 54.3. The number of hydrogen-bond donors (Lipinski definition) is 5. The first-order valence-electron chi connectivity index (χ1n) is 26.8. The van der Waals surface area contributed by atoms with Crippen molar-refractivity contribution in [3.8, 4) is 18.1 Å². The summed E-state index contributed by atoms with van der Waals surface area (Å²) in [6, 6.07) is 15.0. The molecule has 4 aromatic heterocycles. The molecule has 2 fully saturated rings. The second kappa shape index (κ2) is 28.6. The number of nitrogens with two attached hydrogens (primary N) is 2. The minimum atomic E-state index is -0.700. The lowest BCUT2D eigenvalue weighted by Crippen LogP contribution is -3.00. The molecule has 23 nitrogen and oxygen atoms in total. The van der Waals surface area contributed by atoms with Crippen LogP contribution in [-0.4, -0.2) is 175 Å². The van der Waals surface area contributed by atoms with Crippen LogP contribution in [0, 0.1) is 24.2 Å². The normalized spacial score (nSPS) is 15.9. The summed E-state index contributed by atoms with van der Waals surface area (Å²) in [5.41, 5.74) is 17.1. The number of nitrogens with one attached hydrogen (secondary N) is 2. The summed E-state index contributed by atoms with van der Waals surface area (Å²) in [5.74, 6) is 4.23. The number of hydrogen-bond acceptors (Lipinski definition) is 18. The van der Waals surface area contributed by atoms with Crippen molar-refractivity contribution in [3.05, 3.63) is 89.6 Å². The Bertz CT molecular complexity index is 2820. The number of para-hydroxylation sites is 1. The molecule has 0 aliphatic carbocycles. The number of aromatic nitrogens is 10. The van der Waals surface area contributed by atoms with Crippen molar-refractivity contribution in [2.24, 2.45) is 23.3 Å². The molecule has 420 valence electrons. The third-order valence-corrected chi connectivity index (χ3v) is 14.2. The van der Waals surface area contributed by atoms with Crippen molar-refractivity contribution < 1.29 is 41.3 Å². The Morgan fingerprint density at radius 3 is 1.91 bits per heavy atom. The largest absolute Gasteiger partial charge is 1.00 e. The number of nitrogens with zero attached hydrogens (tertiary/aromatic N) is 13. The number of piperazine rings is 2. The number of amides is 2. The molecular formula is C54H75ClN17O6-. The van der Waals surface area contributed by atoms with E-state index < -0.39 is 12.1 Å². The average molecular weight is 1090 g/mol. The Morgan fingerprint density at radius 1 is 0.756 bits per heavy atom. The van der Waals surface area contributed by atoms with Crippen molar-refractivity contribution in [1.29, 1.82) is 0 Å². The first-order valence-corrected chi connectivity index (χ1v) is 26.8. The highest BCUT2D eigenvalue weighted by molar-refractivity contribution is 5.83. The van der Waals surface area contributed by atoms with Gasteiger partial charge in [-0.1, -0.05) is 80.8 Å². The van der Waals surface area contributed by atoms with Gasteiger partial charge in [0.1, 0.15) is 24.4 Å². The molecule has 6 heterocycles. The van der Waals surface area contributed by atoms with Gasteiger partial charge in [-0.3, -0.25) is 9.59 Å². The highest BCUT2D eigenvalue weighted by Crippen LogP contribution is 2.28. The molecule has 5 atom stereocenters. The summed E-state index contributed by atoms with van der Waals surface area (Å²) < 4.78 is 19.9. The molecule has 0 saturated carbocycles. The lowest BCUT2D eigenvalue weighted by Gasteiger charge is -2.38. The van der Waals surface area contributed by atoms with Crippen molar-refractivity contribution >= 4 is 40.6 Å². The van der Waals surface area contributed by atoms with Gasteiger partial charge in [0.15, 0.2) is 0 Å². The number of anilines is 3. The Balaban J connectivity index is 0.00000882. The monoisotopic (exact) mass is 1090 g/mol. The fraction of sp³-hybridized carbons (Fsp3) is 0.537. The van der Waals surface area contributed by atoms with E-state index in [-0.39, 0.29) is 54.6 Å². The highest BCUT2D eigenvalue weighted by Gasteiger charge is 2.34. The summed E-state index contributed by atoms with van der Waals surface area (Å²) in [6.07, 6.45) is 11.2. The topological polar surface area (TPSA) is 275 Å². The predicted octanol–water partition coefficient (Wildman–Crippen LogP) is 0.697. The molecule has 2 saturated heterocycles. The van der Waals surface area contributed by atoms with E-state index in [1.165, 1.54) is 0 Å². The fourth-order valence-corrected chi connectivity index (χ4v) is 9.47. The Labute approximate surface area is 462 Å². The summed E-state index contributed by atoms with van der Waals surface area (Å²) in [4.78, 5) is 55.4. The van der Waals surface area contributed by atoms with Gasteiger partial charge in [-0.25, -0.2) is 9.36 Å². The lowest BCUT2D eigenvalue weighted by atomic mass is 9.98. The van der Waals surface area contributed by atoms with Gasteiger partial charge in [0, 0.05) is 83.0 Å². The van der Waals surface area contributed by atoms with Gasteiger partial charge in [0.05, 0.1) is 68.9 Å². The third-order valence-electron chi connectivity index (χ3n) is 14.2. The zero-order valence-electron chi connectivity index (χ0n) is 45.2. The van der Waals surface area contributed by atoms with Crippen LogP contribution in [0.4, 0.5) is 17.8 Å². The molecule has 7 N–H and O–H groups in total. The standard InChI is InChI=1S/C54H75N17O6.ClH/c1-6-25-75-27-29-77-30-28-76-26-16-57-52-59-53(68-21-17-66(18-22-68)50(73)47(32-39-12-14-42(72)15-13-39)71-36-46(63-65-71)49(56)38(5)7-2)61-54(60-52)69-23-19-67(20-24-69)51(74)48(34-41-33-40-10-8-9-11-44(40)58-41)70-35-45(62-64-70)43(55)31-37(3)4;/h1,8-15,33,35-38,43,47-49,58,72H,7,16-32,34,55-56H2,2-5H3,(H,57,59,60,61);1H/p-1/t38?,43-,47-,48-,49-;/m0./s1. The number of ether oxygens (including phenoxy) is 3. The number of aromatic hydroxyl groups is 1. The van der Waals surface area contributed by atoms with E-state index in [4.69, 9.17) is 47.1 Å². The maximum absolute atomic E-state index is 14.7. The van der Waals surface area contributed by atoms with Crippen molar-refractivity contribution in [2.75, 3.05) is 114 Å². The maximum atomic E-state index is 14.7. The summed E-state index contributed by atoms with van der Waals surface area (Å²) in [7, 11) is 0. The summed E-state index contributed by atoms with van der Waals surface area (Å²) in [5, 5.41) is 32.1. The number of terminal acetylenes is 1. The minimum Gasteiger partial charge on any atom is -1.00 e. The number of fused-ring (bicyclic) bond motifs is 1. The van der Waals surface area contributed by atoms with E-state index in [1.54, 1.807) is 27.7 Å². The first kappa shape index (κ1) is 58.7. The Kier molecular flexibility index (Phi) is 21.5. The van der Waals surface area contributed by atoms with Crippen LogP contribution in [0.25, 0.3) is 10.9 Å². The van der Waals surface area contributed by atoms with E-state index in [1.807, 2.05) is 52.4 Å². The SMILES string of the molecule is C#CCOCCOCCOCCNc1nc(N2CCN(C(=O)[C@H](Cc3ccc(O)cc3)n3cc([C@@H](N)C(C)CC)nn3)CC2)nc(N2CCN(C(=O)[C@H](Cc3cc4ccccc4[nH]3)n3cc([C@@H](N)CC(C)C)nn3)CC2)n1.[Cl-]. The first-order chi connectivity index (χ1) is 37.4. The van der Waals surface area contributed by atoms with Crippen LogP contribution in [0.3, 0.4) is 0 Å². The van der Waals surface area contributed by atoms with Crippen LogP contribution in [0.5, 0.6) is 5.75 Å². The molecule has 2 aromatic carbocycles. The lowest BCUT2D eigenvalue weighted by molar-refractivity contribution is -0.136. The van der Waals surface area contributed by atoms with Crippen LogP contribution in [0.15, 0.2) is 67.0 Å². The van der Waals surface area contributed by atoms with E-state index in [2.05, 4.69) is 80.4 Å². The van der Waals surface area contributed by atoms with E-state index >= 15 is 0 Å². The Hall–Kier alpha value is -6.94. The van der Waals surface area contributed by atoms with E-state index in [9.17, 15) is 14.7 Å². The van der Waals surface area contributed by atoms with Gasteiger partial charge in [-0.05, 0) is 53.5 Å². The number of benzene rings is 2. The molecule has 2 aliphatic rings. The zero-order valence-corrected chi connectivity index (χ0v) is 45.9. The molecule has 6 aromatic rings. The summed E-state index contributed by atoms with van der Waals surface area (Å²) >= 11 is 0. The smallest absolute Gasteiger partial charge is 0.248 e. The van der Waals surface area contributed by atoms with Crippen molar-refractivity contribution in [3.63, 3.8) is 0 Å². The number of rotatable bonds is 27. The number of phenolic OH excluding ortho intramolecular Hbond substituents is 1. The Morgan fingerprint density at radius 2 is 1.32 bits per heavy atom. The molecule has 2 amide bonds. The predicted molar refractivity (Wildman–Crippen MR) is 292 cm³/mol. The van der Waals surface area contributed by atoms with Crippen LogP contribution < -0.4 is 39.0 Å². The van der Waals surface area contributed by atoms with Crippen molar-refractivity contribution in [2.45, 2.75) is 77.5 Å². The quantitative estimate of drug-likeness (QED) is 0.0351. The van der Waals surface area contributed by atoms with Gasteiger partial charge in [0.2, 0.25) is 29.7 Å². The minimum absolute atomic E-state index is 0. The van der Waals surface area contributed by atoms with E-state index in [0.29, 0.717) is 140 Å². The third kappa shape index (κ3) is 15.6. The number of phenols is 1. The molecule has 24 heteroatoms. The van der Waals surface area contributed by atoms with Crippen LogP contribution in [0.2, 0.25) is 0 Å². The molecule has 8 rings (SSSR count). The molecule has 0 spiro atoms. The van der Waals surface area contributed by atoms with E-state index in [0.717, 1.165) is 35.0 Å². The molecule has 0 radical (unpaired) electrons. The average Bonchev–Trinajstić information content (AvgIpc) is 4.28. The highest BCUT2D eigenvalue weighted by atomic mass is 35.5. The number of carbonyl (C=O) groups excluding carboxylic acids is 2. The second-order valence-electron chi connectivity index (χ2n) is 20.2. The molecule has 0 bridgehead atoms. The van der Waals surface area contributed by atoms with Gasteiger partial charge in [-0.2, -0.15) is 15.0 Å². The number of carbonyl (C=O) groups is 2. The van der Waals surface area contributed by atoms with Crippen LogP contribution in [-0.2, 0) is 36.6 Å². The molecule has 78 heavy (non-hydrogen) atoms. The number of H-pyrrole nitrogens is 1. The van der Waals surface area contributed by atoms with Gasteiger partial charge in [0.25, 0.3) is 0 Å². The fourth-order valence-electron chi connectivity index (χ4n) is 9.47. The van der Waals surface area contributed by atoms with Crippen molar-refractivity contribution in [1.82, 2.24) is 59.7 Å². The van der Waals surface area contributed by atoms with Gasteiger partial charge < -0.3 is 73.1 Å². The maximum Gasteiger partial charge on any atom is 0.248 e. The van der Waals surface area contributed by atoms with Crippen LogP contribution in [0.1, 0.15) is 87.3 Å². The number of halogens is 1. The van der Waals surface area contributed by atoms with Gasteiger partial charge in [-0.15, -0.1) is 16.6 Å². The second-order valence-corrected chi connectivity index (χ2v) is 20.2. The molecule has 2 aliphatic heterocycles. The molecule has 1 unspecified atom stereocenters. The summed E-state index contributed by atoms with van der Waals surface area (Å²) in [6.45, 7) is 14.5. The number of aromatic amines is 1.